The molecule has 6 nitrogen and oxygen atoms in total. The van der Waals surface area contributed by atoms with Gasteiger partial charge in [0.25, 0.3) is 0 Å². The maximum atomic E-state index is 12.4. The van der Waals surface area contributed by atoms with E-state index in [0.717, 1.165) is 37.2 Å². The molecule has 1 aromatic carbocycles. The second-order valence-electron chi connectivity index (χ2n) is 6.76. The summed E-state index contributed by atoms with van der Waals surface area (Å²) in [6.45, 7) is 4.76. The molecule has 0 radical (unpaired) electrons. The zero-order valence-corrected chi connectivity index (χ0v) is 14.9. The van der Waals surface area contributed by atoms with Crippen molar-refractivity contribution in [1.82, 2.24) is 9.80 Å². The van der Waals surface area contributed by atoms with Crippen LogP contribution < -0.4 is 4.74 Å². The minimum absolute atomic E-state index is 0.00154. The van der Waals surface area contributed by atoms with E-state index < -0.39 is 0 Å². The zero-order chi connectivity index (χ0) is 17.8. The molecular formula is C19H26N2O4. The lowest BCUT2D eigenvalue weighted by Crippen LogP contribution is -2.53. The number of amides is 1. The third-order valence-corrected chi connectivity index (χ3v) is 5.04. The highest BCUT2D eigenvalue weighted by Crippen LogP contribution is 2.21. The highest BCUT2D eigenvalue weighted by Gasteiger charge is 2.37. The summed E-state index contributed by atoms with van der Waals surface area (Å²) in [5, 5.41) is 0. The van der Waals surface area contributed by atoms with Crippen molar-refractivity contribution in [2.75, 3.05) is 33.3 Å². The number of piperazine rings is 1. The number of hydrogen-bond donors (Lipinski definition) is 0. The van der Waals surface area contributed by atoms with Gasteiger partial charge < -0.3 is 14.4 Å². The van der Waals surface area contributed by atoms with Crippen molar-refractivity contribution < 1.29 is 19.1 Å². The van der Waals surface area contributed by atoms with Gasteiger partial charge in [0, 0.05) is 39.0 Å². The molecule has 1 amide bonds. The van der Waals surface area contributed by atoms with Crippen LogP contribution in [0.3, 0.4) is 0 Å². The molecule has 2 heterocycles. The molecule has 2 aliphatic heterocycles. The van der Waals surface area contributed by atoms with Crippen LogP contribution in [0.5, 0.6) is 5.75 Å². The van der Waals surface area contributed by atoms with Gasteiger partial charge in [0.05, 0.1) is 7.11 Å². The first-order valence-corrected chi connectivity index (χ1v) is 8.92. The molecule has 0 saturated carbocycles. The fraction of sp³-hybridized carbons (Fsp3) is 0.579. The lowest BCUT2D eigenvalue weighted by atomic mass is 10.1. The van der Waals surface area contributed by atoms with Crippen LogP contribution in [0.4, 0.5) is 0 Å². The van der Waals surface area contributed by atoms with Gasteiger partial charge in [0.1, 0.15) is 17.9 Å². The minimum atomic E-state index is -0.133. The van der Waals surface area contributed by atoms with Crippen molar-refractivity contribution in [3.05, 3.63) is 29.8 Å². The molecule has 2 fully saturated rings. The largest absolute Gasteiger partial charge is 0.497 e. The van der Waals surface area contributed by atoms with Gasteiger partial charge in [0.15, 0.2) is 0 Å². The molecule has 0 bridgehead atoms. The Labute approximate surface area is 148 Å². The maximum Gasteiger partial charge on any atom is 0.323 e. The molecule has 0 aromatic heterocycles. The lowest BCUT2D eigenvalue weighted by molar-refractivity contribution is -0.145. The van der Waals surface area contributed by atoms with Crippen molar-refractivity contribution in [1.29, 1.82) is 0 Å². The van der Waals surface area contributed by atoms with Crippen LogP contribution in [-0.2, 0) is 20.7 Å². The van der Waals surface area contributed by atoms with E-state index in [4.69, 9.17) is 9.47 Å². The molecule has 2 aliphatic rings. The van der Waals surface area contributed by atoms with E-state index in [0.29, 0.717) is 19.5 Å². The normalized spacial score (nSPS) is 24.2. The van der Waals surface area contributed by atoms with Crippen LogP contribution in [-0.4, -0.2) is 67.1 Å². The van der Waals surface area contributed by atoms with E-state index >= 15 is 0 Å². The number of aryl methyl sites for hydroxylation is 1. The van der Waals surface area contributed by atoms with E-state index in [1.165, 1.54) is 0 Å². The number of cyclic esters (lactones) is 1. The predicted octanol–water partition coefficient (Wildman–Crippen LogP) is 1.48. The molecule has 1 aromatic rings. The summed E-state index contributed by atoms with van der Waals surface area (Å²) in [7, 11) is 1.64. The van der Waals surface area contributed by atoms with Crippen LogP contribution in [0.2, 0.25) is 0 Å². The lowest BCUT2D eigenvalue weighted by Gasteiger charge is -2.36. The second kappa shape index (κ2) is 7.87. The van der Waals surface area contributed by atoms with Crippen molar-refractivity contribution >= 4 is 11.9 Å². The topological polar surface area (TPSA) is 59.1 Å². The van der Waals surface area contributed by atoms with Gasteiger partial charge in [0.2, 0.25) is 5.91 Å². The number of benzene rings is 1. The molecule has 136 valence electrons. The first kappa shape index (κ1) is 17.7. The average molecular weight is 346 g/mol. The Morgan fingerprint density at radius 1 is 1.20 bits per heavy atom. The number of carbonyl (C=O) groups is 2. The van der Waals surface area contributed by atoms with Crippen LogP contribution in [0, 0.1) is 0 Å². The maximum absolute atomic E-state index is 12.4. The quantitative estimate of drug-likeness (QED) is 0.756. The standard InChI is InChI=1S/C19H26N2O4/c1-14-13-17(19(23)25-14)20-9-11-21(12-10-20)18(22)8-5-15-3-6-16(24-2)7-4-15/h3-4,6-7,14,17H,5,8-13H2,1-2H3/t14-,17+/m1/s1. The van der Waals surface area contributed by atoms with Gasteiger partial charge in [-0.25, -0.2) is 0 Å². The number of ether oxygens (including phenoxy) is 2. The highest BCUT2D eigenvalue weighted by molar-refractivity contribution is 5.78. The van der Waals surface area contributed by atoms with Gasteiger partial charge in [-0.15, -0.1) is 0 Å². The average Bonchev–Trinajstić information content (AvgIpc) is 2.98. The van der Waals surface area contributed by atoms with Crippen LogP contribution in [0.15, 0.2) is 24.3 Å². The minimum Gasteiger partial charge on any atom is -0.497 e. The van der Waals surface area contributed by atoms with Crippen molar-refractivity contribution in [2.24, 2.45) is 0 Å². The van der Waals surface area contributed by atoms with Gasteiger partial charge in [-0.3, -0.25) is 14.5 Å². The van der Waals surface area contributed by atoms with Gasteiger partial charge in [-0.1, -0.05) is 12.1 Å². The fourth-order valence-electron chi connectivity index (χ4n) is 3.52. The summed E-state index contributed by atoms with van der Waals surface area (Å²) >= 11 is 0. The molecule has 6 heteroatoms. The highest BCUT2D eigenvalue weighted by atomic mass is 16.6. The number of hydrogen-bond acceptors (Lipinski definition) is 5. The second-order valence-corrected chi connectivity index (χ2v) is 6.76. The van der Waals surface area contributed by atoms with Crippen molar-refractivity contribution in [3.8, 4) is 5.75 Å². The fourth-order valence-corrected chi connectivity index (χ4v) is 3.52. The molecule has 25 heavy (non-hydrogen) atoms. The van der Waals surface area contributed by atoms with Crippen molar-refractivity contribution in [3.63, 3.8) is 0 Å². The Morgan fingerprint density at radius 3 is 2.44 bits per heavy atom. The number of esters is 1. The monoisotopic (exact) mass is 346 g/mol. The molecule has 0 N–H and O–H groups in total. The first-order chi connectivity index (χ1) is 12.1. The van der Waals surface area contributed by atoms with E-state index in [-0.39, 0.29) is 24.0 Å². The number of rotatable bonds is 5. The SMILES string of the molecule is COc1ccc(CCC(=O)N2CCN([C@H]3C[C@@H](C)OC3=O)CC2)cc1. The molecule has 0 unspecified atom stereocenters. The van der Waals surface area contributed by atoms with Crippen LogP contribution in [0.25, 0.3) is 0 Å². The molecule has 0 spiro atoms. The van der Waals surface area contributed by atoms with Crippen LogP contribution in [0.1, 0.15) is 25.3 Å². The summed E-state index contributed by atoms with van der Waals surface area (Å²) in [5.74, 6) is 0.885. The molecular weight excluding hydrogens is 320 g/mol. The van der Waals surface area contributed by atoms with Gasteiger partial charge in [-0.2, -0.15) is 0 Å². The number of methoxy groups -OCH3 is 1. The van der Waals surface area contributed by atoms with E-state index in [9.17, 15) is 9.59 Å². The van der Waals surface area contributed by atoms with E-state index in [1.54, 1.807) is 7.11 Å². The first-order valence-electron chi connectivity index (χ1n) is 8.92. The molecule has 3 rings (SSSR count). The zero-order valence-electron chi connectivity index (χ0n) is 14.9. The Hall–Kier alpha value is -2.08. The molecule has 2 saturated heterocycles. The van der Waals surface area contributed by atoms with E-state index in [2.05, 4.69) is 4.90 Å². The number of nitrogens with zero attached hydrogens (tertiary/aromatic N) is 2. The molecule has 2 atom stereocenters. The third-order valence-electron chi connectivity index (χ3n) is 5.04. The Balaban J connectivity index is 1.44. The summed E-state index contributed by atoms with van der Waals surface area (Å²) in [5.41, 5.74) is 1.13. The van der Waals surface area contributed by atoms with Crippen LogP contribution >= 0.6 is 0 Å². The summed E-state index contributed by atoms with van der Waals surface area (Å²) in [6.07, 6.45) is 2.00. The third kappa shape index (κ3) is 4.31. The smallest absolute Gasteiger partial charge is 0.323 e. The predicted molar refractivity (Wildman–Crippen MR) is 93.4 cm³/mol. The summed E-state index contributed by atoms with van der Waals surface area (Å²) in [4.78, 5) is 28.3. The number of carbonyl (C=O) groups excluding carboxylic acids is 2. The Kier molecular flexibility index (Phi) is 5.58. The summed E-state index contributed by atoms with van der Waals surface area (Å²) < 4.78 is 10.4. The van der Waals surface area contributed by atoms with E-state index in [1.807, 2.05) is 36.1 Å². The summed E-state index contributed by atoms with van der Waals surface area (Å²) in [6, 6.07) is 7.69. The van der Waals surface area contributed by atoms with Gasteiger partial charge >= 0.3 is 5.97 Å². The van der Waals surface area contributed by atoms with Crippen molar-refractivity contribution in [2.45, 2.75) is 38.3 Å². The van der Waals surface area contributed by atoms with Gasteiger partial charge in [-0.05, 0) is 31.0 Å². The Bertz CT molecular complexity index is 608. The Morgan fingerprint density at radius 2 is 1.88 bits per heavy atom. The molecule has 0 aliphatic carbocycles.